The standard InChI is InChI=1S/C14H20N4OS/c1-20-9-5-13(18-7-2-3-8-18)14(19)16-6-4-12-10-15-11-17-12/h2-3,7-8,10-11,13H,4-6,9H2,1H3,(H,15,17)(H,16,19)/t13-/m1/s1. The van der Waals surface area contributed by atoms with Crippen LogP contribution < -0.4 is 5.32 Å². The molecule has 5 nitrogen and oxygen atoms in total. The second-order valence-electron chi connectivity index (χ2n) is 4.55. The second kappa shape index (κ2) is 7.79. The van der Waals surface area contributed by atoms with Crippen LogP contribution in [0.5, 0.6) is 0 Å². The molecule has 0 aliphatic rings. The van der Waals surface area contributed by atoms with Crippen molar-refractivity contribution in [3.05, 3.63) is 42.7 Å². The molecule has 6 heteroatoms. The number of nitrogens with one attached hydrogen (secondary N) is 2. The van der Waals surface area contributed by atoms with Gasteiger partial charge in [-0.25, -0.2) is 4.98 Å². The zero-order valence-corrected chi connectivity index (χ0v) is 12.4. The van der Waals surface area contributed by atoms with Crippen LogP contribution in [0.15, 0.2) is 37.1 Å². The van der Waals surface area contributed by atoms with Crippen molar-refractivity contribution in [2.45, 2.75) is 18.9 Å². The largest absolute Gasteiger partial charge is 0.354 e. The summed E-state index contributed by atoms with van der Waals surface area (Å²) in [4.78, 5) is 19.3. The summed E-state index contributed by atoms with van der Waals surface area (Å²) < 4.78 is 1.97. The molecular weight excluding hydrogens is 272 g/mol. The maximum Gasteiger partial charge on any atom is 0.243 e. The monoisotopic (exact) mass is 292 g/mol. The van der Waals surface area contributed by atoms with Crippen LogP contribution in [0, 0.1) is 0 Å². The molecule has 0 bridgehead atoms. The van der Waals surface area contributed by atoms with E-state index in [1.54, 1.807) is 24.3 Å². The van der Waals surface area contributed by atoms with Crippen molar-refractivity contribution in [1.82, 2.24) is 19.9 Å². The Morgan fingerprint density at radius 2 is 2.30 bits per heavy atom. The molecule has 0 spiro atoms. The van der Waals surface area contributed by atoms with Crippen LogP contribution in [0.4, 0.5) is 0 Å². The first-order chi connectivity index (χ1) is 9.81. The third kappa shape index (κ3) is 4.16. The molecule has 2 N–H and O–H groups in total. The Bertz CT molecular complexity index is 495. The SMILES string of the molecule is CSCC[C@H](C(=O)NCCc1cnc[nH]1)n1cccc1. The van der Waals surface area contributed by atoms with Gasteiger partial charge >= 0.3 is 0 Å². The predicted molar refractivity (Wildman–Crippen MR) is 81.8 cm³/mol. The van der Waals surface area contributed by atoms with E-state index < -0.39 is 0 Å². The number of aromatic amines is 1. The highest BCUT2D eigenvalue weighted by Crippen LogP contribution is 2.15. The molecule has 1 amide bonds. The normalized spacial score (nSPS) is 12.2. The summed E-state index contributed by atoms with van der Waals surface area (Å²) in [5.41, 5.74) is 1.03. The number of aromatic nitrogens is 3. The van der Waals surface area contributed by atoms with Crippen molar-refractivity contribution >= 4 is 17.7 Å². The van der Waals surface area contributed by atoms with Gasteiger partial charge in [-0.05, 0) is 30.6 Å². The van der Waals surface area contributed by atoms with Crippen LogP contribution in [0.2, 0.25) is 0 Å². The number of nitrogens with zero attached hydrogens (tertiary/aromatic N) is 2. The number of carbonyl (C=O) groups excluding carboxylic acids is 1. The Kier molecular flexibility index (Phi) is 5.73. The van der Waals surface area contributed by atoms with Gasteiger partial charge in [-0.15, -0.1) is 0 Å². The molecule has 2 aromatic heterocycles. The topological polar surface area (TPSA) is 62.7 Å². The highest BCUT2D eigenvalue weighted by atomic mass is 32.2. The first-order valence-corrected chi connectivity index (χ1v) is 8.07. The lowest BCUT2D eigenvalue weighted by Gasteiger charge is -2.18. The Labute approximate surface area is 123 Å². The number of rotatable bonds is 8. The maximum absolute atomic E-state index is 12.3. The minimum Gasteiger partial charge on any atom is -0.354 e. The Morgan fingerprint density at radius 1 is 1.50 bits per heavy atom. The predicted octanol–water partition coefficient (Wildman–Crippen LogP) is 1.86. The molecular formula is C14H20N4OS. The van der Waals surface area contributed by atoms with Gasteiger partial charge in [-0.2, -0.15) is 11.8 Å². The summed E-state index contributed by atoms with van der Waals surface area (Å²) in [6.45, 7) is 0.623. The van der Waals surface area contributed by atoms with Gasteiger partial charge in [0.25, 0.3) is 0 Å². The Morgan fingerprint density at radius 3 is 2.95 bits per heavy atom. The summed E-state index contributed by atoms with van der Waals surface area (Å²) in [5, 5.41) is 3.00. The van der Waals surface area contributed by atoms with Crippen molar-refractivity contribution in [3.8, 4) is 0 Å². The van der Waals surface area contributed by atoms with Gasteiger partial charge in [0.2, 0.25) is 5.91 Å². The second-order valence-corrected chi connectivity index (χ2v) is 5.53. The van der Waals surface area contributed by atoms with E-state index in [0.29, 0.717) is 6.54 Å². The molecule has 20 heavy (non-hydrogen) atoms. The van der Waals surface area contributed by atoms with Crippen LogP contribution in [0.3, 0.4) is 0 Å². The molecule has 0 unspecified atom stereocenters. The minimum atomic E-state index is -0.126. The van der Waals surface area contributed by atoms with Crippen molar-refractivity contribution in [2.24, 2.45) is 0 Å². The molecule has 0 saturated heterocycles. The molecule has 2 rings (SSSR count). The number of thioether (sulfide) groups is 1. The summed E-state index contributed by atoms with van der Waals surface area (Å²) in [6.07, 6.45) is 11.0. The van der Waals surface area contributed by atoms with Gasteiger partial charge in [0.1, 0.15) is 6.04 Å². The average Bonchev–Trinajstić information content (AvgIpc) is 3.12. The van der Waals surface area contributed by atoms with Gasteiger partial charge < -0.3 is 14.9 Å². The van der Waals surface area contributed by atoms with Crippen molar-refractivity contribution in [2.75, 3.05) is 18.6 Å². The Balaban J connectivity index is 1.86. The van der Waals surface area contributed by atoms with E-state index in [2.05, 4.69) is 21.5 Å². The van der Waals surface area contributed by atoms with E-state index in [4.69, 9.17) is 0 Å². The summed E-state index contributed by atoms with van der Waals surface area (Å²) >= 11 is 1.76. The van der Waals surface area contributed by atoms with E-state index in [1.807, 2.05) is 29.1 Å². The van der Waals surface area contributed by atoms with Crippen LogP contribution >= 0.6 is 11.8 Å². The molecule has 0 aliphatic heterocycles. The minimum absolute atomic E-state index is 0.0785. The van der Waals surface area contributed by atoms with Crippen molar-refractivity contribution in [3.63, 3.8) is 0 Å². The molecule has 0 fully saturated rings. The fourth-order valence-electron chi connectivity index (χ4n) is 2.06. The molecule has 0 aliphatic carbocycles. The molecule has 2 heterocycles. The van der Waals surface area contributed by atoms with E-state index in [0.717, 1.165) is 24.3 Å². The zero-order chi connectivity index (χ0) is 14.2. The van der Waals surface area contributed by atoms with Crippen LogP contribution in [-0.2, 0) is 11.2 Å². The molecule has 2 aromatic rings. The fourth-order valence-corrected chi connectivity index (χ4v) is 2.52. The number of carbonyl (C=O) groups is 1. The number of imidazole rings is 1. The van der Waals surface area contributed by atoms with Crippen LogP contribution in [-0.4, -0.2) is 39.0 Å². The number of hydrogen-bond donors (Lipinski definition) is 2. The maximum atomic E-state index is 12.3. The number of H-pyrrole nitrogens is 1. The highest BCUT2D eigenvalue weighted by molar-refractivity contribution is 7.98. The molecule has 0 aromatic carbocycles. The first-order valence-electron chi connectivity index (χ1n) is 6.67. The van der Waals surface area contributed by atoms with Crippen molar-refractivity contribution in [1.29, 1.82) is 0 Å². The molecule has 0 radical (unpaired) electrons. The summed E-state index contributed by atoms with van der Waals surface area (Å²) in [7, 11) is 0. The zero-order valence-electron chi connectivity index (χ0n) is 11.6. The van der Waals surface area contributed by atoms with Gasteiger partial charge in [-0.3, -0.25) is 4.79 Å². The fraction of sp³-hybridized carbons (Fsp3) is 0.429. The number of hydrogen-bond acceptors (Lipinski definition) is 3. The van der Waals surface area contributed by atoms with E-state index >= 15 is 0 Å². The van der Waals surface area contributed by atoms with Gasteiger partial charge in [0.05, 0.1) is 6.33 Å². The van der Waals surface area contributed by atoms with E-state index in [9.17, 15) is 4.79 Å². The summed E-state index contributed by atoms with van der Waals surface area (Å²) in [5.74, 6) is 1.05. The molecule has 1 atom stereocenters. The molecule has 0 saturated carbocycles. The highest BCUT2D eigenvalue weighted by Gasteiger charge is 2.18. The first kappa shape index (κ1) is 14.7. The van der Waals surface area contributed by atoms with Gasteiger partial charge in [0, 0.05) is 37.3 Å². The van der Waals surface area contributed by atoms with Crippen LogP contribution in [0.25, 0.3) is 0 Å². The third-order valence-corrected chi connectivity index (χ3v) is 3.78. The van der Waals surface area contributed by atoms with Crippen molar-refractivity contribution < 1.29 is 4.79 Å². The lowest BCUT2D eigenvalue weighted by molar-refractivity contribution is -0.124. The Hall–Kier alpha value is -1.69. The third-order valence-electron chi connectivity index (χ3n) is 3.13. The lowest BCUT2D eigenvalue weighted by atomic mass is 10.2. The van der Waals surface area contributed by atoms with E-state index in [1.165, 1.54) is 0 Å². The quantitative estimate of drug-likeness (QED) is 0.780. The smallest absolute Gasteiger partial charge is 0.243 e. The number of amides is 1. The van der Waals surface area contributed by atoms with Gasteiger partial charge in [0.15, 0.2) is 0 Å². The van der Waals surface area contributed by atoms with Crippen LogP contribution in [0.1, 0.15) is 18.2 Å². The molecule has 108 valence electrons. The van der Waals surface area contributed by atoms with E-state index in [-0.39, 0.29) is 11.9 Å². The lowest BCUT2D eigenvalue weighted by Crippen LogP contribution is -2.34. The van der Waals surface area contributed by atoms with Gasteiger partial charge in [-0.1, -0.05) is 0 Å². The average molecular weight is 292 g/mol. The summed E-state index contributed by atoms with van der Waals surface area (Å²) in [6, 6.07) is 3.77.